The summed E-state index contributed by atoms with van der Waals surface area (Å²) in [5.41, 5.74) is 3.52. The molecule has 0 atom stereocenters. The SMILES string of the molecule is N#Cc1cc(NC(=O)c2cc(N3CCCS3)cc(Cl)c2Cl)cc(C2CCCCC2)c1. The van der Waals surface area contributed by atoms with E-state index in [9.17, 15) is 10.1 Å². The third kappa shape index (κ3) is 4.72. The molecule has 0 unspecified atom stereocenters. The molecule has 2 aromatic carbocycles. The quantitative estimate of drug-likeness (QED) is 0.498. The molecule has 1 saturated heterocycles. The highest BCUT2D eigenvalue weighted by atomic mass is 35.5. The minimum atomic E-state index is -0.322. The highest BCUT2D eigenvalue weighted by Crippen LogP contribution is 2.37. The maximum absolute atomic E-state index is 13.1. The first-order valence-corrected chi connectivity index (χ1v) is 12.0. The molecule has 1 amide bonds. The van der Waals surface area contributed by atoms with Gasteiger partial charge in [0.05, 0.1) is 27.2 Å². The van der Waals surface area contributed by atoms with Gasteiger partial charge in [-0.1, -0.05) is 42.5 Å². The van der Waals surface area contributed by atoms with E-state index in [-0.39, 0.29) is 10.9 Å². The molecule has 1 heterocycles. The second kappa shape index (κ2) is 9.51. The van der Waals surface area contributed by atoms with Gasteiger partial charge in [0.2, 0.25) is 0 Å². The number of nitrogens with one attached hydrogen (secondary N) is 1. The molecule has 1 saturated carbocycles. The molecule has 0 aromatic heterocycles. The maximum atomic E-state index is 13.1. The van der Waals surface area contributed by atoms with E-state index >= 15 is 0 Å². The molecule has 4 nitrogen and oxygen atoms in total. The Bertz CT molecular complexity index is 993. The fraction of sp³-hybridized carbons (Fsp3) is 0.391. The fourth-order valence-electron chi connectivity index (χ4n) is 4.19. The van der Waals surface area contributed by atoms with Gasteiger partial charge in [-0.2, -0.15) is 5.26 Å². The second-order valence-electron chi connectivity index (χ2n) is 7.82. The monoisotopic (exact) mass is 459 g/mol. The van der Waals surface area contributed by atoms with Crippen LogP contribution < -0.4 is 9.62 Å². The summed E-state index contributed by atoms with van der Waals surface area (Å²) in [4.78, 5) is 13.1. The van der Waals surface area contributed by atoms with Crippen LogP contribution in [0.25, 0.3) is 0 Å². The average Bonchev–Trinajstić information content (AvgIpc) is 3.31. The van der Waals surface area contributed by atoms with Crippen LogP contribution in [0.4, 0.5) is 11.4 Å². The lowest BCUT2D eigenvalue weighted by molar-refractivity contribution is 0.102. The van der Waals surface area contributed by atoms with Crippen molar-refractivity contribution in [3.63, 3.8) is 0 Å². The highest BCUT2D eigenvalue weighted by Gasteiger charge is 2.21. The number of rotatable bonds is 4. The van der Waals surface area contributed by atoms with Crippen LogP contribution in [0.5, 0.6) is 0 Å². The van der Waals surface area contributed by atoms with Crippen LogP contribution in [0.2, 0.25) is 10.0 Å². The lowest BCUT2D eigenvalue weighted by Gasteiger charge is -2.23. The molecule has 0 radical (unpaired) electrons. The van der Waals surface area contributed by atoms with Crippen LogP contribution in [0.3, 0.4) is 0 Å². The lowest BCUT2D eigenvalue weighted by atomic mass is 9.83. The van der Waals surface area contributed by atoms with Crippen LogP contribution in [-0.2, 0) is 0 Å². The van der Waals surface area contributed by atoms with Gasteiger partial charge in [0.25, 0.3) is 5.91 Å². The van der Waals surface area contributed by atoms with Crippen molar-refractivity contribution in [3.8, 4) is 6.07 Å². The average molecular weight is 460 g/mol. The number of benzene rings is 2. The zero-order chi connectivity index (χ0) is 21.1. The Morgan fingerprint density at radius 2 is 1.90 bits per heavy atom. The van der Waals surface area contributed by atoms with Gasteiger partial charge in [-0.05, 0) is 73.0 Å². The number of carbonyl (C=O) groups is 1. The zero-order valence-electron chi connectivity index (χ0n) is 16.6. The molecule has 30 heavy (non-hydrogen) atoms. The molecule has 0 spiro atoms. The number of nitrogens with zero attached hydrogens (tertiary/aromatic N) is 2. The van der Waals surface area contributed by atoms with E-state index in [1.54, 1.807) is 30.1 Å². The number of halogens is 2. The highest BCUT2D eigenvalue weighted by molar-refractivity contribution is 8.00. The van der Waals surface area contributed by atoms with Crippen molar-refractivity contribution in [2.24, 2.45) is 0 Å². The van der Waals surface area contributed by atoms with Gasteiger partial charge in [0.15, 0.2) is 0 Å². The summed E-state index contributed by atoms with van der Waals surface area (Å²) in [6, 6.07) is 11.5. The number of hydrogen-bond acceptors (Lipinski definition) is 4. The second-order valence-corrected chi connectivity index (χ2v) is 9.71. The Kier molecular flexibility index (Phi) is 6.77. The minimum Gasteiger partial charge on any atom is -0.322 e. The van der Waals surface area contributed by atoms with E-state index in [4.69, 9.17) is 23.2 Å². The summed E-state index contributed by atoms with van der Waals surface area (Å²) >= 11 is 14.4. The molecule has 7 heteroatoms. The van der Waals surface area contributed by atoms with Crippen LogP contribution >= 0.6 is 35.1 Å². The van der Waals surface area contributed by atoms with Crippen molar-refractivity contribution in [1.29, 1.82) is 5.26 Å². The molecular weight excluding hydrogens is 437 g/mol. The van der Waals surface area contributed by atoms with E-state index in [0.29, 0.717) is 27.8 Å². The molecule has 2 fully saturated rings. The van der Waals surface area contributed by atoms with Gasteiger partial charge in [0.1, 0.15) is 0 Å². The third-order valence-corrected chi connectivity index (χ3v) is 7.70. The van der Waals surface area contributed by atoms with E-state index in [0.717, 1.165) is 42.8 Å². The fourth-order valence-corrected chi connectivity index (χ4v) is 5.59. The van der Waals surface area contributed by atoms with Crippen molar-refractivity contribution in [2.45, 2.75) is 44.4 Å². The standard InChI is InChI=1S/C23H23Cl2N3OS/c24-21-13-19(28-7-4-8-30-28)12-20(22(21)25)23(29)27-18-10-15(14-26)9-17(11-18)16-5-2-1-3-6-16/h9-13,16H,1-8H2,(H,27,29). The molecule has 1 aliphatic carbocycles. The van der Waals surface area contributed by atoms with E-state index in [2.05, 4.69) is 15.7 Å². The Morgan fingerprint density at radius 3 is 2.60 bits per heavy atom. The van der Waals surface area contributed by atoms with Gasteiger partial charge >= 0.3 is 0 Å². The molecule has 2 aromatic rings. The number of amides is 1. The van der Waals surface area contributed by atoms with Crippen LogP contribution in [0, 0.1) is 11.3 Å². The Balaban J connectivity index is 1.61. The Labute approximate surface area is 191 Å². The Hall–Kier alpha value is -1.87. The topological polar surface area (TPSA) is 56.1 Å². The van der Waals surface area contributed by atoms with Gasteiger partial charge < -0.3 is 9.62 Å². The molecule has 4 rings (SSSR count). The normalized spacial score (nSPS) is 17.0. The zero-order valence-corrected chi connectivity index (χ0v) is 18.9. The summed E-state index contributed by atoms with van der Waals surface area (Å²) in [5, 5.41) is 13.0. The van der Waals surface area contributed by atoms with Crippen molar-refractivity contribution in [1.82, 2.24) is 0 Å². The number of hydrogen-bond donors (Lipinski definition) is 1. The minimum absolute atomic E-state index is 0.242. The first kappa shape index (κ1) is 21.4. The molecule has 1 N–H and O–H groups in total. The third-order valence-electron chi connectivity index (χ3n) is 5.72. The van der Waals surface area contributed by atoms with Crippen molar-refractivity contribution in [3.05, 3.63) is 57.1 Å². The first-order valence-electron chi connectivity index (χ1n) is 10.3. The van der Waals surface area contributed by atoms with Gasteiger partial charge in [-0.15, -0.1) is 0 Å². The predicted octanol–water partition coefficient (Wildman–Crippen LogP) is 7.02. The summed E-state index contributed by atoms with van der Waals surface area (Å²) in [6.45, 7) is 0.915. The van der Waals surface area contributed by atoms with Crippen molar-refractivity contribution < 1.29 is 4.79 Å². The number of anilines is 2. The summed E-state index contributed by atoms with van der Waals surface area (Å²) in [5.74, 6) is 1.17. The Morgan fingerprint density at radius 1 is 1.10 bits per heavy atom. The first-order chi connectivity index (χ1) is 14.5. The number of nitriles is 1. The summed E-state index contributed by atoms with van der Waals surface area (Å²) in [7, 11) is 0. The van der Waals surface area contributed by atoms with Gasteiger partial charge in [-0.25, -0.2) is 0 Å². The largest absolute Gasteiger partial charge is 0.322 e. The van der Waals surface area contributed by atoms with Crippen molar-refractivity contribution in [2.75, 3.05) is 21.9 Å². The smallest absolute Gasteiger partial charge is 0.257 e. The van der Waals surface area contributed by atoms with E-state index in [1.165, 1.54) is 19.3 Å². The predicted molar refractivity (Wildman–Crippen MR) is 126 cm³/mol. The van der Waals surface area contributed by atoms with Gasteiger partial charge in [0, 0.05) is 23.7 Å². The molecule has 1 aliphatic heterocycles. The van der Waals surface area contributed by atoms with Crippen LogP contribution in [-0.4, -0.2) is 18.2 Å². The van der Waals surface area contributed by atoms with Gasteiger partial charge in [-0.3, -0.25) is 4.79 Å². The van der Waals surface area contributed by atoms with Crippen molar-refractivity contribution >= 4 is 52.4 Å². The molecular formula is C23H23Cl2N3OS. The summed E-state index contributed by atoms with van der Waals surface area (Å²) in [6.07, 6.45) is 7.02. The molecule has 156 valence electrons. The van der Waals surface area contributed by atoms with Crippen LogP contribution in [0.15, 0.2) is 30.3 Å². The van der Waals surface area contributed by atoms with E-state index < -0.39 is 0 Å². The number of carbonyl (C=O) groups excluding carboxylic acids is 1. The lowest BCUT2D eigenvalue weighted by Crippen LogP contribution is -2.15. The summed E-state index contributed by atoms with van der Waals surface area (Å²) < 4.78 is 2.14. The van der Waals surface area contributed by atoms with Crippen LogP contribution in [0.1, 0.15) is 65.9 Å². The molecule has 2 aliphatic rings. The van der Waals surface area contributed by atoms with E-state index in [1.807, 2.05) is 12.1 Å². The maximum Gasteiger partial charge on any atom is 0.257 e. The molecule has 0 bridgehead atoms.